The zero-order valence-electron chi connectivity index (χ0n) is 15.5. The minimum atomic E-state index is -0.565. The molecule has 1 aliphatic heterocycles. The number of esters is 1. The van der Waals surface area contributed by atoms with E-state index in [1.54, 1.807) is 0 Å². The largest absolute Gasteiger partial charge is 0.465 e. The van der Waals surface area contributed by atoms with Crippen molar-refractivity contribution in [1.29, 1.82) is 5.41 Å². The summed E-state index contributed by atoms with van der Waals surface area (Å²) in [6.07, 6.45) is 1.23. The van der Waals surface area contributed by atoms with Gasteiger partial charge in [0.2, 0.25) is 0 Å². The van der Waals surface area contributed by atoms with Crippen LogP contribution in [0.4, 0.5) is 0 Å². The predicted octanol–water partition coefficient (Wildman–Crippen LogP) is 2.18. The summed E-state index contributed by atoms with van der Waals surface area (Å²) in [5, 5.41) is 7.81. The number of likely N-dealkylation sites (tertiary alicyclic amines) is 1. The molecule has 1 aromatic heterocycles. The molecule has 0 saturated carbocycles. The number of carbonyl (C=O) groups excluding carboxylic acids is 1. The third-order valence-corrected chi connectivity index (χ3v) is 5.40. The lowest BCUT2D eigenvalue weighted by Gasteiger charge is -2.40. The first kappa shape index (κ1) is 18.4. The van der Waals surface area contributed by atoms with Crippen LogP contribution in [0.15, 0.2) is 29.1 Å². The molecule has 2 N–H and O–H groups in total. The molecule has 1 aliphatic rings. The average Bonchev–Trinajstić information content (AvgIpc) is 2.96. The van der Waals surface area contributed by atoms with Gasteiger partial charge in [-0.3, -0.25) is 14.9 Å². The van der Waals surface area contributed by atoms with Crippen molar-refractivity contribution in [3.05, 3.63) is 34.7 Å². The molecule has 0 bridgehead atoms. The van der Waals surface area contributed by atoms with Gasteiger partial charge >= 0.3 is 11.7 Å². The molecule has 0 radical (unpaired) electrons. The average molecular weight is 358 g/mol. The molecular weight excluding hydrogens is 332 g/mol. The Kier molecular flexibility index (Phi) is 5.27. The van der Waals surface area contributed by atoms with Gasteiger partial charge in [0, 0.05) is 31.6 Å². The highest BCUT2D eigenvalue weighted by atomic mass is 16.5. The van der Waals surface area contributed by atoms with Crippen molar-refractivity contribution in [3.8, 4) is 0 Å². The fraction of sp³-hybridized carbons (Fsp3) is 0.526. The van der Waals surface area contributed by atoms with Gasteiger partial charge in [-0.15, -0.1) is 0 Å². The van der Waals surface area contributed by atoms with Gasteiger partial charge in [0.15, 0.2) is 0 Å². The Balaban J connectivity index is 1.72. The van der Waals surface area contributed by atoms with Crippen LogP contribution in [0, 0.1) is 11.3 Å². The second kappa shape index (κ2) is 7.45. The summed E-state index contributed by atoms with van der Waals surface area (Å²) in [5.74, 6) is -0.277. The van der Waals surface area contributed by atoms with Crippen LogP contribution in [0.3, 0.4) is 0 Å². The smallest absolute Gasteiger partial charge is 0.351 e. The van der Waals surface area contributed by atoms with Crippen LogP contribution >= 0.6 is 0 Å². The molecule has 0 aliphatic carbocycles. The zero-order valence-corrected chi connectivity index (χ0v) is 15.5. The number of hydrogen-bond donors (Lipinski definition) is 2. The Morgan fingerprint density at radius 2 is 2.15 bits per heavy atom. The number of imidazole rings is 1. The maximum absolute atomic E-state index is 12.5. The Morgan fingerprint density at radius 3 is 2.85 bits per heavy atom. The predicted molar refractivity (Wildman–Crippen MR) is 101 cm³/mol. The van der Waals surface area contributed by atoms with Gasteiger partial charge in [0.25, 0.3) is 0 Å². The number of hydrogen-bond acceptors (Lipinski definition) is 5. The molecule has 2 aromatic rings. The monoisotopic (exact) mass is 358 g/mol. The summed E-state index contributed by atoms with van der Waals surface area (Å²) in [5.41, 5.74) is 1.76. The number of nitrogens with one attached hydrogen (secondary N) is 2. The SMILES string of the molecule is COC(=O)C(=N)CC(C)N1CCC(n2c(=O)[nH]c3ccccc32)C(C)C1. The third-order valence-electron chi connectivity index (χ3n) is 5.40. The van der Waals surface area contributed by atoms with E-state index in [2.05, 4.69) is 21.5 Å². The summed E-state index contributed by atoms with van der Waals surface area (Å²) in [7, 11) is 1.30. The van der Waals surface area contributed by atoms with Crippen LogP contribution in [0.25, 0.3) is 11.0 Å². The highest BCUT2D eigenvalue weighted by Crippen LogP contribution is 2.30. The highest BCUT2D eigenvalue weighted by Gasteiger charge is 2.32. The van der Waals surface area contributed by atoms with Crippen molar-refractivity contribution in [2.45, 2.75) is 38.8 Å². The van der Waals surface area contributed by atoms with Crippen LogP contribution in [0.1, 0.15) is 32.7 Å². The first-order valence-electron chi connectivity index (χ1n) is 9.01. The van der Waals surface area contributed by atoms with E-state index in [1.807, 2.05) is 35.8 Å². The number of carbonyl (C=O) groups is 1. The lowest BCUT2D eigenvalue weighted by Crippen LogP contribution is -2.46. The van der Waals surface area contributed by atoms with Crippen LogP contribution in [-0.2, 0) is 9.53 Å². The molecule has 0 amide bonds. The molecule has 3 atom stereocenters. The zero-order chi connectivity index (χ0) is 18.8. The van der Waals surface area contributed by atoms with Crippen LogP contribution in [0.2, 0.25) is 0 Å². The van der Waals surface area contributed by atoms with Crippen molar-refractivity contribution in [2.75, 3.05) is 20.2 Å². The van der Waals surface area contributed by atoms with Crippen molar-refractivity contribution in [2.24, 2.45) is 5.92 Å². The van der Waals surface area contributed by atoms with Gasteiger partial charge < -0.3 is 9.72 Å². The number of piperidine rings is 1. The quantitative estimate of drug-likeness (QED) is 0.633. The normalized spacial score (nSPS) is 22.3. The number of ether oxygens (including phenoxy) is 1. The van der Waals surface area contributed by atoms with Gasteiger partial charge in [0.1, 0.15) is 5.71 Å². The molecule has 1 fully saturated rings. The fourth-order valence-electron chi connectivity index (χ4n) is 3.98. The van der Waals surface area contributed by atoms with Crippen molar-refractivity contribution < 1.29 is 9.53 Å². The minimum Gasteiger partial charge on any atom is -0.465 e. The van der Waals surface area contributed by atoms with E-state index >= 15 is 0 Å². The van der Waals surface area contributed by atoms with Gasteiger partial charge in [-0.1, -0.05) is 19.1 Å². The number of nitrogens with zero attached hydrogens (tertiary/aromatic N) is 2. The Morgan fingerprint density at radius 1 is 1.42 bits per heavy atom. The summed E-state index contributed by atoms with van der Waals surface area (Å²) in [6.45, 7) is 5.84. The van der Waals surface area contributed by atoms with E-state index in [0.717, 1.165) is 30.5 Å². The maximum atomic E-state index is 12.5. The molecule has 1 aromatic carbocycles. The molecule has 7 heteroatoms. The summed E-state index contributed by atoms with van der Waals surface area (Å²) in [4.78, 5) is 29.2. The van der Waals surface area contributed by atoms with E-state index in [9.17, 15) is 9.59 Å². The Bertz CT molecular complexity index is 869. The fourth-order valence-corrected chi connectivity index (χ4v) is 3.98. The number of rotatable bonds is 5. The molecule has 3 unspecified atom stereocenters. The van der Waals surface area contributed by atoms with Gasteiger partial charge in [-0.2, -0.15) is 0 Å². The second-order valence-corrected chi connectivity index (χ2v) is 7.17. The standard InChI is InChI=1S/C19H26N4O3/c1-12-11-22(13(2)10-14(20)18(24)26-3)9-8-16(12)23-17-7-5-4-6-15(17)21-19(23)25/h4-7,12-13,16,20H,8-11H2,1-3H3,(H,21,25). The lowest BCUT2D eigenvalue weighted by molar-refractivity contribution is -0.133. The Hall–Kier alpha value is -2.41. The second-order valence-electron chi connectivity index (χ2n) is 7.17. The number of H-pyrrole nitrogens is 1. The van der Waals surface area contributed by atoms with Crippen molar-refractivity contribution in [3.63, 3.8) is 0 Å². The van der Waals surface area contributed by atoms with Gasteiger partial charge in [-0.05, 0) is 31.4 Å². The molecular formula is C19H26N4O3. The first-order chi connectivity index (χ1) is 12.4. The minimum absolute atomic E-state index is 0.00243. The number of fused-ring (bicyclic) bond motifs is 1. The van der Waals surface area contributed by atoms with Crippen molar-refractivity contribution >= 4 is 22.7 Å². The topological polar surface area (TPSA) is 91.2 Å². The molecule has 2 heterocycles. The number of para-hydroxylation sites is 2. The van der Waals surface area contributed by atoms with E-state index in [-0.39, 0.29) is 29.4 Å². The van der Waals surface area contributed by atoms with E-state index < -0.39 is 5.97 Å². The van der Waals surface area contributed by atoms with Gasteiger partial charge in [-0.25, -0.2) is 9.59 Å². The number of aromatic nitrogens is 2. The van der Waals surface area contributed by atoms with Crippen LogP contribution in [-0.4, -0.2) is 52.4 Å². The van der Waals surface area contributed by atoms with Crippen LogP contribution in [0.5, 0.6) is 0 Å². The Labute approximate surface area is 152 Å². The maximum Gasteiger partial charge on any atom is 0.351 e. The molecule has 26 heavy (non-hydrogen) atoms. The van der Waals surface area contributed by atoms with E-state index in [0.29, 0.717) is 6.42 Å². The molecule has 0 spiro atoms. The summed E-state index contributed by atoms with van der Waals surface area (Å²) >= 11 is 0. The van der Waals surface area contributed by atoms with E-state index in [1.165, 1.54) is 7.11 Å². The molecule has 7 nitrogen and oxygen atoms in total. The highest BCUT2D eigenvalue weighted by molar-refractivity contribution is 6.35. The van der Waals surface area contributed by atoms with Gasteiger partial charge in [0.05, 0.1) is 18.1 Å². The number of benzene rings is 1. The van der Waals surface area contributed by atoms with Crippen molar-refractivity contribution in [1.82, 2.24) is 14.5 Å². The number of methoxy groups -OCH3 is 1. The third kappa shape index (κ3) is 3.44. The van der Waals surface area contributed by atoms with E-state index in [4.69, 9.17) is 5.41 Å². The molecule has 1 saturated heterocycles. The van der Waals surface area contributed by atoms with Crippen LogP contribution < -0.4 is 5.69 Å². The summed E-state index contributed by atoms with van der Waals surface area (Å²) < 4.78 is 6.51. The molecule has 3 rings (SSSR count). The number of aromatic amines is 1. The first-order valence-corrected chi connectivity index (χ1v) is 9.01. The lowest BCUT2D eigenvalue weighted by atomic mass is 9.91. The summed E-state index contributed by atoms with van der Waals surface area (Å²) in [6, 6.07) is 8.01. The molecule has 140 valence electrons.